The van der Waals surface area contributed by atoms with Gasteiger partial charge in [0.25, 0.3) is 10.1 Å². The molecule has 0 fully saturated rings. The van der Waals surface area contributed by atoms with Crippen LogP contribution in [0.2, 0.25) is 0 Å². The molecule has 0 radical (unpaired) electrons. The van der Waals surface area contributed by atoms with Crippen molar-refractivity contribution in [1.82, 2.24) is 0 Å². The molecule has 94 valence electrons. The zero-order valence-corrected chi connectivity index (χ0v) is 10.9. The van der Waals surface area contributed by atoms with Crippen LogP contribution in [-0.4, -0.2) is 21.3 Å². The van der Waals surface area contributed by atoms with Crippen LogP contribution >= 0.6 is 0 Å². The molecule has 1 rings (SSSR count). The number of allylic oxidation sites excluding steroid dienone is 1. The SMILES string of the molecule is CS(=O)(=O)OC/C1=C/CCCCCCCC1. The van der Waals surface area contributed by atoms with Crippen molar-refractivity contribution in [1.29, 1.82) is 0 Å². The second-order valence-electron chi connectivity index (χ2n) is 4.49. The summed E-state index contributed by atoms with van der Waals surface area (Å²) in [7, 11) is -3.30. The first kappa shape index (κ1) is 13.7. The van der Waals surface area contributed by atoms with E-state index in [9.17, 15) is 8.42 Å². The average molecular weight is 246 g/mol. The maximum absolute atomic E-state index is 10.9. The van der Waals surface area contributed by atoms with Crippen molar-refractivity contribution in [2.45, 2.75) is 51.4 Å². The molecule has 0 spiro atoms. The minimum atomic E-state index is -3.30. The number of rotatable bonds is 3. The highest BCUT2D eigenvalue weighted by Gasteiger charge is 2.06. The van der Waals surface area contributed by atoms with E-state index < -0.39 is 10.1 Å². The summed E-state index contributed by atoms with van der Waals surface area (Å²) in [5.74, 6) is 0. The van der Waals surface area contributed by atoms with Gasteiger partial charge in [-0.2, -0.15) is 8.42 Å². The summed E-state index contributed by atoms with van der Waals surface area (Å²) in [6, 6.07) is 0. The first-order valence-electron chi connectivity index (χ1n) is 6.10. The highest BCUT2D eigenvalue weighted by Crippen LogP contribution is 2.17. The van der Waals surface area contributed by atoms with Crippen LogP contribution in [0.15, 0.2) is 11.6 Å². The minimum Gasteiger partial charge on any atom is -0.266 e. The highest BCUT2D eigenvalue weighted by atomic mass is 32.2. The van der Waals surface area contributed by atoms with Crippen LogP contribution < -0.4 is 0 Å². The molecule has 0 saturated carbocycles. The predicted molar refractivity (Wildman–Crippen MR) is 65.8 cm³/mol. The fraction of sp³-hybridized carbons (Fsp3) is 0.833. The van der Waals surface area contributed by atoms with Crippen LogP contribution in [0.5, 0.6) is 0 Å². The molecular formula is C12H22O3S. The Morgan fingerprint density at radius 3 is 2.44 bits per heavy atom. The lowest BCUT2D eigenvalue weighted by Crippen LogP contribution is -2.06. The quantitative estimate of drug-likeness (QED) is 0.568. The Labute approximate surface area is 99.0 Å². The van der Waals surface area contributed by atoms with Crippen LogP contribution in [0.3, 0.4) is 0 Å². The van der Waals surface area contributed by atoms with Crippen molar-refractivity contribution in [3.8, 4) is 0 Å². The van der Waals surface area contributed by atoms with Gasteiger partial charge < -0.3 is 0 Å². The molecule has 0 aromatic rings. The van der Waals surface area contributed by atoms with Gasteiger partial charge in [-0.05, 0) is 31.3 Å². The van der Waals surface area contributed by atoms with Crippen molar-refractivity contribution < 1.29 is 12.6 Å². The summed E-state index contributed by atoms with van der Waals surface area (Å²) in [6.07, 6.45) is 12.8. The van der Waals surface area contributed by atoms with E-state index in [1.807, 2.05) is 0 Å². The first-order chi connectivity index (χ1) is 7.58. The molecule has 4 heteroatoms. The smallest absolute Gasteiger partial charge is 0.264 e. The van der Waals surface area contributed by atoms with Gasteiger partial charge in [-0.3, -0.25) is 4.18 Å². The number of hydrogen-bond acceptors (Lipinski definition) is 3. The topological polar surface area (TPSA) is 43.4 Å². The van der Waals surface area contributed by atoms with Crippen molar-refractivity contribution >= 4 is 10.1 Å². The Kier molecular flexibility index (Phi) is 6.06. The minimum absolute atomic E-state index is 0.249. The Hall–Kier alpha value is -0.350. The highest BCUT2D eigenvalue weighted by molar-refractivity contribution is 7.85. The molecule has 0 aromatic carbocycles. The lowest BCUT2D eigenvalue weighted by atomic mass is 10.0. The van der Waals surface area contributed by atoms with Crippen LogP contribution in [-0.2, 0) is 14.3 Å². The van der Waals surface area contributed by atoms with Crippen molar-refractivity contribution in [3.63, 3.8) is 0 Å². The molecule has 0 N–H and O–H groups in total. The van der Waals surface area contributed by atoms with Crippen LogP contribution in [0, 0.1) is 0 Å². The maximum atomic E-state index is 10.9. The summed E-state index contributed by atoms with van der Waals surface area (Å²) in [5.41, 5.74) is 1.15. The lowest BCUT2D eigenvalue weighted by molar-refractivity contribution is 0.346. The Balaban J connectivity index is 2.43. The Morgan fingerprint density at radius 2 is 1.75 bits per heavy atom. The van der Waals surface area contributed by atoms with E-state index in [4.69, 9.17) is 4.18 Å². The van der Waals surface area contributed by atoms with Gasteiger partial charge in [-0.1, -0.05) is 31.8 Å². The molecular weight excluding hydrogens is 224 g/mol. The second-order valence-corrected chi connectivity index (χ2v) is 6.13. The summed E-state index contributed by atoms with van der Waals surface area (Å²) >= 11 is 0. The monoisotopic (exact) mass is 246 g/mol. The van der Waals surface area contributed by atoms with E-state index in [2.05, 4.69) is 6.08 Å². The summed E-state index contributed by atoms with van der Waals surface area (Å²) in [5, 5.41) is 0. The Bertz CT molecular complexity index is 317. The summed E-state index contributed by atoms with van der Waals surface area (Å²) in [4.78, 5) is 0. The lowest BCUT2D eigenvalue weighted by Gasteiger charge is -2.10. The third-order valence-corrected chi connectivity index (χ3v) is 3.39. The van der Waals surface area contributed by atoms with E-state index >= 15 is 0 Å². The van der Waals surface area contributed by atoms with Gasteiger partial charge in [0, 0.05) is 0 Å². The van der Waals surface area contributed by atoms with E-state index in [1.165, 1.54) is 32.1 Å². The van der Waals surface area contributed by atoms with E-state index in [0.29, 0.717) is 0 Å². The molecule has 0 aromatic heterocycles. The molecule has 0 unspecified atom stereocenters. The number of hydrogen-bond donors (Lipinski definition) is 0. The summed E-state index contributed by atoms with van der Waals surface area (Å²) < 4.78 is 26.6. The average Bonchev–Trinajstić information content (AvgIpc) is 2.22. The van der Waals surface area contributed by atoms with Crippen LogP contribution in [0.25, 0.3) is 0 Å². The molecule has 0 amide bonds. The van der Waals surface area contributed by atoms with Gasteiger partial charge >= 0.3 is 0 Å². The normalized spacial score (nSPS) is 23.4. The van der Waals surface area contributed by atoms with E-state index in [-0.39, 0.29) is 6.61 Å². The van der Waals surface area contributed by atoms with Crippen molar-refractivity contribution in [2.24, 2.45) is 0 Å². The predicted octanol–water partition coefficient (Wildman–Crippen LogP) is 3.02. The van der Waals surface area contributed by atoms with Crippen LogP contribution in [0.1, 0.15) is 51.4 Å². The second kappa shape index (κ2) is 7.07. The van der Waals surface area contributed by atoms with E-state index in [0.717, 1.165) is 31.1 Å². The van der Waals surface area contributed by atoms with Crippen molar-refractivity contribution in [2.75, 3.05) is 12.9 Å². The van der Waals surface area contributed by atoms with Gasteiger partial charge in [0.15, 0.2) is 0 Å². The molecule has 0 bridgehead atoms. The molecule has 1 aliphatic rings. The molecule has 0 atom stereocenters. The molecule has 0 heterocycles. The third-order valence-electron chi connectivity index (χ3n) is 2.84. The fourth-order valence-corrected chi connectivity index (χ4v) is 2.29. The Morgan fingerprint density at radius 1 is 1.12 bits per heavy atom. The van der Waals surface area contributed by atoms with Crippen molar-refractivity contribution in [3.05, 3.63) is 11.6 Å². The summed E-state index contributed by atoms with van der Waals surface area (Å²) in [6.45, 7) is 0.249. The maximum Gasteiger partial charge on any atom is 0.264 e. The van der Waals surface area contributed by atoms with Gasteiger partial charge in [0.1, 0.15) is 0 Å². The molecule has 3 nitrogen and oxygen atoms in total. The first-order valence-corrected chi connectivity index (χ1v) is 7.92. The molecule has 0 aliphatic heterocycles. The third kappa shape index (κ3) is 7.01. The zero-order chi connectivity index (χ0) is 11.9. The van der Waals surface area contributed by atoms with Gasteiger partial charge in [-0.25, -0.2) is 0 Å². The zero-order valence-electron chi connectivity index (χ0n) is 10.1. The molecule has 16 heavy (non-hydrogen) atoms. The largest absolute Gasteiger partial charge is 0.266 e. The molecule has 1 aliphatic carbocycles. The standard InChI is InChI=1S/C12H22O3S/c1-16(13,14)15-11-12-9-7-5-3-2-4-6-8-10-12/h9H,2-8,10-11H2,1H3/b12-9+. The fourth-order valence-electron chi connectivity index (χ4n) is 1.93. The van der Waals surface area contributed by atoms with Gasteiger partial charge in [0.2, 0.25) is 0 Å². The molecule has 0 saturated heterocycles. The van der Waals surface area contributed by atoms with Crippen LogP contribution in [0.4, 0.5) is 0 Å². The van der Waals surface area contributed by atoms with Gasteiger partial charge in [-0.15, -0.1) is 0 Å². The van der Waals surface area contributed by atoms with E-state index in [1.54, 1.807) is 0 Å². The van der Waals surface area contributed by atoms with Gasteiger partial charge in [0.05, 0.1) is 12.9 Å².